The molecule has 114 valence electrons. The van der Waals surface area contributed by atoms with Crippen molar-refractivity contribution in [1.29, 1.82) is 0 Å². The molecule has 0 spiro atoms. The lowest BCUT2D eigenvalue weighted by molar-refractivity contribution is 0.0520. The monoisotopic (exact) mass is 282 g/mol. The van der Waals surface area contributed by atoms with Crippen LogP contribution in [0.5, 0.6) is 5.75 Å². The van der Waals surface area contributed by atoms with Crippen LogP contribution < -0.4 is 15.8 Å². The second-order valence-electron chi connectivity index (χ2n) is 4.85. The van der Waals surface area contributed by atoms with Crippen LogP contribution in [0.25, 0.3) is 0 Å². The van der Waals surface area contributed by atoms with Crippen molar-refractivity contribution in [3.8, 4) is 5.75 Å². The average molecular weight is 282 g/mol. The van der Waals surface area contributed by atoms with Gasteiger partial charge in [0.1, 0.15) is 18.0 Å². The number of anilines is 1. The average Bonchev–Trinajstić information content (AvgIpc) is 2.37. The van der Waals surface area contributed by atoms with Gasteiger partial charge in [0, 0.05) is 5.69 Å². The van der Waals surface area contributed by atoms with E-state index in [4.69, 9.17) is 15.2 Å². The lowest BCUT2D eigenvalue weighted by atomic mass is 10.2. The van der Waals surface area contributed by atoms with Crippen molar-refractivity contribution in [1.82, 2.24) is 5.32 Å². The summed E-state index contributed by atoms with van der Waals surface area (Å²) in [6.07, 6.45) is -0.441. The lowest BCUT2D eigenvalue weighted by Crippen LogP contribution is -2.34. The molecule has 1 aromatic rings. The summed E-state index contributed by atoms with van der Waals surface area (Å²) in [6.45, 7) is 10.2. The van der Waals surface area contributed by atoms with Gasteiger partial charge in [-0.1, -0.05) is 13.8 Å². The molecule has 5 nitrogen and oxygen atoms in total. The van der Waals surface area contributed by atoms with E-state index in [0.717, 1.165) is 5.75 Å². The van der Waals surface area contributed by atoms with Crippen LogP contribution in [-0.4, -0.2) is 24.8 Å². The predicted octanol–water partition coefficient (Wildman–Crippen LogP) is 3.20. The molecule has 0 aromatic heterocycles. The van der Waals surface area contributed by atoms with Crippen LogP contribution in [0, 0.1) is 0 Å². The Balaban J connectivity index is 0.00000172. The number of hydrogen-bond acceptors (Lipinski definition) is 4. The van der Waals surface area contributed by atoms with E-state index in [1.54, 1.807) is 24.3 Å². The SMILES string of the molecule is CC.CC(C)(C)OC(=O)NCCOc1ccc(N)cc1. The molecule has 0 fully saturated rings. The summed E-state index contributed by atoms with van der Waals surface area (Å²) in [5.41, 5.74) is 5.76. The van der Waals surface area contributed by atoms with Crippen LogP contribution in [-0.2, 0) is 4.74 Å². The van der Waals surface area contributed by atoms with Crippen LogP contribution >= 0.6 is 0 Å². The van der Waals surface area contributed by atoms with Crippen molar-refractivity contribution in [2.45, 2.75) is 40.2 Å². The summed E-state index contributed by atoms with van der Waals surface area (Å²) in [5.74, 6) is 0.718. The highest BCUT2D eigenvalue weighted by Crippen LogP contribution is 2.12. The first-order valence-electron chi connectivity index (χ1n) is 6.82. The van der Waals surface area contributed by atoms with E-state index >= 15 is 0 Å². The Labute approximate surface area is 121 Å². The second kappa shape index (κ2) is 9.07. The standard InChI is InChI=1S/C13H20N2O3.C2H6/c1-13(2,3)18-12(16)15-8-9-17-11-6-4-10(14)5-7-11;1-2/h4-7H,8-9,14H2,1-3H3,(H,15,16);1-2H3. The number of hydrogen-bond donors (Lipinski definition) is 2. The molecule has 0 aliphatic heterocycles. The topological polar surface area (TPSA) is 73.6 Å². The second-order valence-corrected chi connectivity index (χ2v) is 4.85. The predicted molar refractivity (Wildman–Crippen MR) is 81.9 cm³/mol. The third kappa shape index (κ3) is 9.08. The van der Waals surface area contributed by atoms with Gasteiger partial charge in [0.05, 0.1) is 6.54 Å². The van der Waals surface area contributed by atoms with Gasteiger partial charge in [0.2, 0.25) is 0 Å². The van der Waals surface area contributed by atoms with Crippen LogP contribution in [0.15, 0.2) is 24.3 Å². The maximum Gasteiger partial charge on any atom is 0.407 e. The smallest absolute Gasteiger partial charge is 0.407 e. The van der Waals surface area contributed by atoms with E-state index in [2.05, 4.69) is 5.32 Å². The fourth-order valence-corrected chi connectivity index (χ4v) is 1.20. The van der Waals surface area contributed by atoms with E-state index in [9.17, 15) is 4.79 Å². The third-order valence-corrected chi connectivity index (χ3v) is 1.92. The summed E-state index contributed by atoms with van der Waals surface area (Å²) < 4.78 is 10.5. The maximum atomic E-state index is 11.3. The zero-order valence-corrected chi connectivity index (χ0v) is 13.0. The molecule has 0 aliphatic carbocycles. The summed E-state index contributed by atoms with van der Waals surface area (Å²) in [4.78, 5) is 11.3. The minimum atomic E-state index is -0.484. The highest BCUT2D eigenvalue weighted by atomic mass is 16.6. The van der Waals surface area contributed by atoms with Crippen molar-refractivity contribution in [3.63, 3.8) is 0 Å². The number of ether oxygens (including phenoxy) is 2. The van der Waals surface area contributed by atoms with Gasteiger partial charge in [0.25, 0.3) is 0 Å². The summed E-state index contributed by atoms with van der Waals surface area (Å²) >= 11 is 0. The van der Waals surface area contributed by atoms with Crippen molar-refractivity contribution in [2.75, 3.05) is 18.9 Å². The van der Waals surface area contributed by atoms with Gasteiger partial charge < -0.3 is 20.5 Å². The number of rotatable bonds is 4. The van der Waals surface area contributed by atoms with E-state index < -0.39 is 11.7 Å². The number of carbonyl (C=O) groups excluding carboxylic acids is 1. The minimum Gasteiger partial charge on any atom is -0.492 e. The third-order valence-electron chi connectivity index (χ3n) is 1.92. The fourth-order valence-electron chi connectivity index (χ4n) is 1.20. The Morgan fingerprint density at radius 1 is 1.20 bits per heavy atom. The Bertz CT molecular complexity index is 383. The highest BCUT2D eigenvalue weighted by molar-refractivity contribution is 5.67. The molecule has 0 radical (unpaired) electrons. The zero-order valence-electron chi connectivity index (χ0n) is 13.0. The largest absolute Gasteiger partial charge is 0.492 e. The highest BCUT2D eigenvalue weighted by Gasteiger charge is 2.15. The van der Waals surface area contributed by atoms with Crippen LogP contribution in [0.2, 0.25) is 0 Å². The van der Waals surface area contributed by atoms with Gasteiger partial charge in [0.15, 0.2) is 0 Å². The molecule has 0 aliphatic rings. The van der Waals surface area contributed by atoms with Crippen molar-refractivity contribution >= 4 is 11.8 Å². The molecule has 5 heteroatoms. The number of alkyl carbamates (subject to hydrolysis) is 1. The zero-order chi connectivity index (χ0) is 15.6. The van der Waals surface area contributed by atoms with Crippen LogP contribution in [0.1, 0.15) is 34.6 Å². The number of nitrogens with one attached hydrogen (secondary N) is 1. The quantitative estimate of drug-likeness (QED) is 0.657. The van der Waals surface area contributed by atoms with Gasteiger partial charge >= 0.3 is 6.09 Å². The molecule has 3 N–H and O–H groups in total. The molecule has 0 saturated carbocycles. The number of nitrogen functional groups attached to an aromatic ring is 1. The number of benzene rings is 1. The molecule has 0 bridgehead atoms. The van der Waals surface area contributed by atoms with Crippen molar-refractivity contribution in [3.05, 3.63) is 24.3 Å². The van der Waals surface area contributed by atoms with Gasteiger partial charge in [-0.25, -0.2) is 4.79 Å². The Kier molecular flexibility index (Phi) is 8.20. The van der Waals surface area contributed by atoms with E-state index in [1.807, 2.05) is 34.6 Å². The van der Waals surface area contributed by atoms with Gasteiger partial charge in [-0.15, -0.1) is 0 Å². The van der Waals surface area contributed by atoms with Crippen molar-refractivity contribution < 1.29 is 14.3 Å². The van der Waals surface area contributed by atoms with Gasteiger partial charge in [-0.05, 0) is 45.0 Å². The van der Waals surface area contributed by atoms with E-state index in [1.165, 1.54) is 0 Å². The summed E-state index contributed by atoms with van der Waals surface area (Å²) in [5, 5.41) is 2.61. The molecule has 1 aromatic carbocycles. The molecule has 0 atom stereocenters. The normalized spacial score (nSPS) is 10.1. The first-order chi connectivity index (χ1) is 9.37. The first-order valence-corrected chi connectivity index (χ1v) is 6.82. The molecule has 20 heavy (non-hydrogen) atoms. The number of carbonyl (C=O) groups is 1. The molecule has 1 amide bonds. The molecule has 1 rings (SSSR count). The maximum absolute atomic E-state index is 11.3. The lowest BCUT2D eigenvalue weighted by Gasteiger charge is -2.19. The molecule has 0 unspecified atom stereocenters. The Hall–Kier alpha value is -1.91. The van der Waals surface area contributed by atoms with Crippen molar-refractivity contribution in [2.24, 2.45) is 0 Å². The summed E-state index contributed by atoms with van der Waals surface area (Å²) in [6, 6.07) is 7.08. The van der Waals surface area contributed by atoms with E-state index in [0.29, 0.717) is 18.8 Å². The minimum absolute atomic E-state index is 0.378. The van der Waals surface area contributed by atoms with Crippen LogP contribution in [0.4, 0.5) is 10.5 Å². The Morgan fingerprint density at radius 2 is 1.75 bits per heavy atom. The van der Waals surface area contributed by atoms with Gasteiger partial charge in [-0.3, -0.25) is 0 Å². The number of nitrogens with two attached hydrogens (primary N) is 1. The molecular formula is C15H26N2O3. The molecular weight excluding hydrogens is 256 g/mol. The Morgan fingerprint density at radius 3 is 2.25 bits per heavy atom. The fraction of sp³-hybridized carbons (Fsp3) is 0.533. The van der Waals surface area contributed by atoms with Crippen LogP contribution in [0.3, 0.4) is 0 Å². The number of amides is 1. The van der Waals surface area contributed by atoms with E-state index in [-0.39, 0.29) is 0 Å². The van der Waals surface area contributed by atoms with Gasteiger partial charge in [-0.2, -0.15) is 0 Å². The molecule has 0 heterocycles. The first kappa shape index (κ1) is 18.1. The molecule has 0 saturated heterocycles. The summed E-state index contributed by atoms with van der Waals surface area (Å²) in [7, 11) is 0.